The molecule has 0 spiro atoms. The third kappa shape index (κ3) is 3.13. The molecule has 0 radical (unpaired) electrons. The summed E-state index contributed by atoms with van der Waals surface area (Å²) in [7, 11) is 0. The van der Waals surface area contributed by atoms with E-state index >= 15 is 0 Å². The molecule has 1 saturated heterocycles. The molecule has 132 valence electrons. The van der Waals surface area contributed by atoms with Crippen LogP contribution in [-0.2, 0) is 0 Å². The molecule has 1 amide bonds. The second-order valence-corrected chi connectivity index (χ2v) is 6.25. The summed E-state index contributed by atoms with van der Waals surface area (Å²) in [4.78, 5) is 16.6. The third-order valence-corrected chi connectivity index (χ3v) is 4.62. The molecule has 6 heteroatoms. The first-order valence-corrected chi connectivity index (χ1v) is 8.66. The van der Waals surface area contributed by atoms with Gasteiger partial charge in [0.25, 0.3) is 5.91 Å². The number of benzene rings is 2. The lowest BCUT2D eigenvalue weighted by atomic mass is 10.2. The molecule has 1 aliphatic heterocycles. The third-order valence-electron chi connectivity index (χ3n) is 4.62. The van der Waals surface area contributed by atoms with Crippen LogP contribution in [0.3, 0.4) is 0 Å². The standard InChI is InChI=1S/C20H20N4O2/c25-19-9-5-4-8-18(19)22-12-14-23(15-13-22)20(26)17-10-11-24(21-17)16-6-2-1-3-7-16/h1-11,25H,12-15H2. The molecule has 6 nitrogen and oxygen atoms in total. The maximum atomic E-state index is 12.7. The number of hydrogen-bond acceptors (Lipinski definition) is 4. The van der Waals surface area contributed by atoms with Gasteiger partial charge in [0, 0.05) is 32.4 Å². The molecule has 26 heavy (non-hydrogen) atoms. The summed E-state index contributed by atoms with van der Waals surface area (Å²) in [6, 6.07) is 18.8. The summed E-state index contributed by atoms with van der Waals surface area (Å²) in [6.07, 6.45) is 1.81. The van der Waals surface area contributed by atoms with Crippen molar-refractivity contribution < 1.29 is 9.90 Å². The molecule has 0 bridgehead atoms. The van der Waals surface area contributed by atoms with Gasteiger partial charge in [0.05, 0.1) is 11.4 Å². The van der Waals surface area contributed by atoms with Gasteiger partial charge in [-0.05, 0) is 30.3 Å². The Labute approximate surface area is 151 Å². The van der Waals surface area contributed by atoms with Crippen molar-refractivity contribution >= 4 is 11.6 Å². The summed E-state index contributed by atoms with van der Waals surface area (Å²) < 4.78 is 1.71. The summed E-state index contributed by atoms with van der Waals surface area (Å²) in [5.74, 6) is 0.213. The fourth-order valence-electron chi connectivity index (χ4n) is 3.21. The van der Waals surface area contributed by atoms with E-state index in [1.54, 1.807) is 23.0 Å². The molecular weight excluding hydrogens is 328 g/mol. The first-order valence-electron chi connectivity index (χ1n) is 8.66. The minimum atomic E-state index is -0.0587. The van der Waals surface area contributed by atoms with Crippen molar-refractivity contribution in [2.24, 2.45) is 0 Å². The lowest BCUT2D eigenvalue weighted by Gasteiger charge is -2.36. The fourth-order valence-corrected chi connectivity index (χ4v) is 3.21. The molecule has 1 aromatic heterocycles. The highest BCUT2D eigenvalue weighted by Crippen LogP contribution is 2.27. The first kappa shape index (κ1) is 16.2. The van der Waals surface area contributed by atoms with Gasteiger partial charge in [-0.3, -0.25) is 4.79 Å². The Kier molecular flexibility index (Phi) is 4.31. The number of piperazine rings is 1. The molecular formula is C20H20N4O2. The van der Waals surface area contributed by atoms with Gasteiger partial charge in [0.2, 0.25) is 0 Å². The van der Waals surface area contributed by atoms with Crippen LogP contribution in [0.25, 0.3) is 5.69 Å². The van der Waals surface area contributed by atoms with Gasteiger partial charge in [0.15, 0.2) is 5.69 Å². The maximum absolute atomic E-state index is 12.7. The van der Waals surface area contributed by atoms with Crippen molar-refractivity contribution in [1.82, 2.24) is 14.7 Å². The van der Waals surface area contributed by atoms with Crippen molar-refractivity contribution in [1.29, 1.82) is 0 Å². The monoisotopic (exact) mass is 348 g/mol. The van der Waals surface area contributed by atoms with E-state index in [9.17, 15) is 9.90 Å². The SMILES string of the molecule is O=C(c1ccn(-c2ccccc2)n1)N1CCN(c2ccccc2O)CC1. The molecule has 0 unspecified atom stereocenters. The number of carbonyl (C=O) groups is 1. The number of para-hydroxylation sites is 3. The van der Waals surface area contributed by atoms with Crippen LogP contribution in [0.1, 0.15) is 10.5 Å². The van der Waals surface area contributed by atoms with Crippen molar-refractivity contribution in [2.45, 2.75) is 0 Å². The van der Waals surface area contributed by atoms with Gasteiger partial charge in [-0.15, -0.1) is 0 Å². The average Bonchev–Trinajstić information content (AvgIpc) is 3.19. The molecule has 0 atom stereocenters. The number of nitrogens with zero attached hydrogens (tertiary/aromatic N) is 4. The quantitative estimate of drug-likeness (QED) is 0.790. The average molecular weight is 348 g/mol. The molecule has 3 aromatic rings. The Bertz CT molecular complexity index is 899. The minimum Gasteiger partial charge on any atom is -0.506 e. The molecule has 2 heterocycles. The number of phenols is 1. The topological polar surface area (TPSA) is 61.6 Å². The Balaban J connectivity index is 1.43. The van der Waals surface area contributed by atoms with E-state index in [1.807, 2.05) is 53.4 Å². The largest absolute Gasteiger partial charge is 0.506 e. The Hall–Kier alpha value is -3.28. The van der Waals surface area contributed by atoms with E-state index in [0.29, 0.717) is 31.9 Å². The highest BCUT2D eigenvalue weighted by atomic mass is 16.3. The predicted octanol–water partition coefficient (Wildman–Crippen LogP) is 2.54. The zero-order valence-electron chi connectivity index (χ0n) is 14.3. The summed E-state index contributed by atoms with van der Waals surface area (Å²) >= 11 is 0. The van der Waals surface area contributed by atoms with Crippen LogP contribution in [0, 0.1) is 0 Å². The number of phenolic OH excluding ortho intramolecular Hbond substituents is 1. The molecule has 0 aliphatic carbocycles. The second-order valence-electron chi connectivity index (χ2n) is 6.25. The molecule has 1 aliphatic rings. The van der Waals surface area contributed by atoms with Crippen LogP contribution in [0.4, 0.5) is 5.69 Å². The summed E-state index contributed by atoms with van der Waals surface area (Å²) in [6.45, 7) is 2.57. The van der Waals surface area contributed by atoms with Crippen molar-refractivity contribution in [3.8, 4) is 11.4 Å². The summed E-state index contributed by atoms with van der Waals surface area (Å²) in [5, 5.41) is 14.4. The van der Waals surface area contributed by atoms with Crippen molar-refractivity contribution in [3.05, 3.63) is 72.6 Å². The van der Waals surface area contributed by atoms with Gasteiger partial charge in [0.1, 0.15) is 5.75 Å². The number of rotatable bonds is 3. The van der Waals surface area contributed by atoms with Crippen LogP contribution >= 0.6 is 0 Å². The van der Waals surface area contributed by atoms with E-state index in [4.69, 9.17) is 0 Å². The van der Waals surface area contributed by atoms with Crippen molar-refractivity contribution in [2.75, 3.05) is 31.1 Å². The lowest BCUT2D eigenvalue weighted by Crippen LogP contribution is -2.48. The van der Waals surface area contributed by atoms with Crippen LogP contribution in [0.5, 0.6) is 5.75 Å². The Morgan fingerprint density at radius 2 is 1.58 bits per heavy atom. The number of aromatic hydroxyl groups is 1. The molecule has 0 saturated carbocycles. The van der Waals surface area contributed by atoms with E-state index in [2.05, 4.69) is 10.00 Å². The van der Waals surface area contributed by atoms with Gasteiger partial charge in [-0.25, -0.2) is 4.68 Å². The Morgan fingerprint density at radius 3 is 2.31 bits per heavy atom. The zero-order chi connectivity index (χ0) is 17.9. The first-order chi connectivity index (χ1) is 12.7. The van der Waals surface area contributed by atoms with Gasteiger partial charge in [-0.2, -0.15) is 5.10 Å². The van der Waals surface area contributed by atoms with Crippen molar-refractivity contribution in [3.63, 3.8) is 0 Å². The van der Waals surface area contributed by atoms with E-state index < -0.39 is 0 Å². The fraction of sp³-hybridized carbons (Fsp3) is 0.200. The number of aromatic nitrogens is 2. The Morgan fingerprint density at radius 1 is 0.885 bits per heavy atom. The predicted molar refractivity (Wildman–Crippen MR) is 99.8 cm³/mol. The van der Waals surface area contributed by atoms with E-state index in [-0.39, 0.29) is 11.7 Å². The molecule has 4 rings (SSSR count). The van der Waals surface area contributed by atoms with Crippen LogP contribution in [-0.4, -0.2) is 51.9 Å². The number of amides is 1. The van der Waals surface area contributed by atoms with Gasteiger partial charge < -0.3 is 14.9 Å². The second kappa shape index (κ2) is 6.92. The normalized spacial score (nSPS) is 14.5. The van der Waals surface area contributed by atoms with Crippen LogP contribution in [0.15, 0.2) is 66.9 Å². The highest BCUT2D eigenvalue weighted by molar-refractivity contribution is 5.92. The molecule has 1 fully saturated rings. The zero-order valence-corrected chi connectivity index (χ0v) is 14.3. The minimum absolute atomic E-state index is 0.0587. The number of carbonyl (C=O) groups excluding carboxylic acids is 1. The van der Waals surface area contributed by atoms with E-state index in [0.717, 1.165) is 11.4 Å². The van der Waals surface area contributed by atoms with Crippen LogP contribution in [0.2, 0.25) is 0 Å². The number of anilines is 1. The maximum Gasteiger partial charge on any atom is 0.274 e. The molecule has 1 N–H and O–H groups in total. The van der Waals surface area contributed by atoms with Gasteiger partial charge in [-0.1, -0.05) is 30.3 Å². The smallest absolute Gasteiger partial charge is 0.274 e. The summed E-state index contributed by atoms with van der Waals surface area (Å²) in [5.41, 5.74) is 2.19. The highest BCUT2D eigenvalue weighted by Gasteiger charge is 2.24. The van der Waals surface area contributed by atoms with Gasteiger partial charge >= 0.3 is 0 Å². The van der Waals surface area contributed by atoms with E-state index in [1.165, 1.54) is 0 Å². The number of hydrogen-bond donors (Lipinski definition) is 1. The molecule has 2 aromatic carbocycles. The van der Waals surface area contributed by atoms with Crippen LogP contribution < -0.4 is 4.90 Å². The lowest BCUT2D eigenvalue weighted by molar-refractivity contribution is 0.0740.